The average molecular weight is 410 g/mol. The van der Waals surface area contributed by atoms with Crippen LogP contribution in [0.3, 0.4) is 0 Å². The van der Waals surface area contributed by atoms with E-state index < -0.39 is 5.91 Å². The lowest BCUT2D eigenvalue weighted by molar-refractivity contribution is -0.118. The molecule has 8 heteroatoms. The van der Waals surface area contributed by atoms with Crippen LogP contribution < -0.4 is 15.8 Å². The molecule has 1 saturated carbocycles. The Kier molecular flexibility index (Phi) is 5.19. The standard InChI is InChI=1S/C21H22N4O3S/c1-11-17-12(2)23-19(13-3-4-13)25-21(17)29-18(11)20(27)24-14-5-7-15(8-6-14)28-10-9-16(22)26/h5-8,13H,3-4,9-10H2,1-2H3,(H2,22,26)(H,24,27). The summed E-state index contributed by atoms with van der Waals surface area (Å²) in [7, 11) is 0. The third kappa shape index (κ3) is 4.22. The zero-order chi connectivity index (χ0) is 20.5. The summed E-state index contributed by atoms with van der Waals surface area (Å²) in [6, 6.07) is 7.00. The minimum absolute atomic E-state index is 0.161. The fourth-order valence-electron chi connectivity index (χ4n) is 3.19. The van der Waals surface area contributed by atoms with Crippen molar-refractivity contribution in [3.8, 4) is 5.75 Å². The number of aryl methyl sites for hydroxylation is 2. The fourth-order valence-corrected chi connectivity index (χ4v) is 4.33. The molecule has 7 nitrogen and oxygen atoms in total. The molecule has 1 aliphatic carbocycles. The summed E-state index contributed by atoms with van der Waals surface area (Å²) < 4.78 is 5.44. The second kappa shape index (κ2) is 7.79. The number of nitrogens with zero attached hydrogens (tertiary/aromatic N) is 2. The summed E-state index contributed by atoms with van der Waals surface area (Å²) in [6.45, 7) is 4.15. The minimum atomic E-state index is -0.406. The maximum atomic E-state index is 12.8. The number of hydrogen-bond donors (Lipinski definition) is 2. The number of carbonyl (C=O) groups excluding carboxylic acids is 2. The van der Waals surface area contributed by atoms with Crippen LogP contribution in [0.5, 0.6) is 5.75 Å². The number of primary amides is 1. The van der Waals surface area contributed by atoms with Crippen LogP contribution in [0.4, 0.5) is 5.69 Å². The molecule has 1 aliphatic rings. The van der Waals surface area contributed by atoms with Gasteiger partial charge < -0.3 is 15.8 Å². The third-order valence-corrected chi connectivity index (χ3v) is 6.05. The highest BCUT2D eigenvalue weighted by atomic mass is 32.1. The number of anilines is 1. The summed E-state index contributed by atoms with van der Waals surface area (Å²) in [6.07, 6.45) is 2.45. The summed E-state index contributed by atoms with van der Waals surface area (Å²) in [5, 5.41) is 3.90. The Morgan fingerprint density at radius 1 is 1.21 bits per heavy atom. The van der Waals surface area contributed by atoms with Gasteiger partial charge in [0.1, 0.15) is 16.4 Å². The zero-order valence-corrected chi connectivity index (χ0v) is 17.1. The van der Waals surface area contributed by atoms with Gasteiger partial charge in [0.25, 0.3) is 5.91 Å². The predicted molar refractivity (Wildman–Crippen MR) is 113 cm³/mol. The van der Waals surface area contributed by atoms with Crippen LogP contribution in [0.2, 0.25) is 0 Å². The molecule has 2 aromatic heterocycles. The number of thiophene rings is 1. The van der Waals surface area contributed by atoms with Crippen molar-refractivity contribution in [2.75, 3.05) is 11.9 Å². The quantitative estimate of drug-likeness (QED) is 0.618. The van der Waals surface area contributed by atoms with Gasteiger partial charge in [0, 0.05) is 17.0 Å². The van der Waals surface area contributed by atoms with Gasteiger partial charge in [0.05, 0.1) is 23.6 Å². The Hall–Kier alpha value is -3.00. The molecule has 2 amide bonds. The van der Waals surface area contributed by atoms with E-state index in [1.165, 1.54) is 11.3 Å². The molecule has 1 fully saturated rings. The molecule has 1 aromatic carbocycles. The first-order valence-corrected chi connectivity index (χ1v) is 10.3. The van der Waals surface area contributed by atoms with E-state index in [1.54, 1.807) is 24.3 Å². The molecule has 4 rings (SSSR count). The van der Waals surface area contributed by atoms with Gasteiger partial charge >= 0.3 is 0 Å². The largest absolute Gasteiger partial charge is 0.493 e. The first-order chi connectivity index (χ1) is 13.9. The van der Waals surface area contributed by atoms with Crippen LogP contribution in [-0.4, -0.2) is 28.4 Å². The second-order valence-electron chi connectivity index (χ2n) is 7.22. The second-order valence-corrected chi connectivity index (χ2v) is 8.22. The normalized spacial score (nSPS) is 13.4. The summed E-state index contributed by atoms with van der Waals surface area (Å²) >= 11 is 1.41. The Balaban J connectivity index is 1.49. The van der Waals surface area contributed by atoms with E-state index in [0.29, 0.717) is 22.2 Å². The summed E-state index contributed by atoms with van der Waals surface area (Å²) in [5.41, 5.74) is 7.60. The smallest absolute Gasteiger partial charge is 0.266 e. The van der Waals surface area contributed by atoms with Crippen molar-refractivity contribution in [1.82, 2.24) is 9.97 Å². The van der Waals surface area contributed by atoms with Crippen molar-refractivity contribution < 1.29 is 14.3 Å². The number of rotatable bonds is 7. The van der Waals surface area contributed by atoms with Crippen molar-refractivity contribution in [1.29, 1.82) is 0 Å². The molecular weight excluding hydrogens is 388 g/mol. The van der Waals surface area contributed by atoms with Gasteiger partial charge in [0.15, 0.2) is 0 Å². The van der Waals surface area contributed by atoms with E-state index in [2.05, 4.69) is 10.3 Å². The Morgan fingerprint density at radius 3 is 2.59 bits per heavy atom. The van der Waals surface area contributed by atoms with Crippen molar-refractivity contribution in [2.45, 2.75) is 39.0 Å². The molecule has 0 spiro atoms. The fraction of sp³-hybridized carbons (Fsp3) is 0.333. The van der Waals surface area contributed by atoms with Gasteiger partial charge in [-0.05, 0) is 56.5 Å². The number of hydrogen-bond acceptors (Lipinski definition) is 6. The van der Waals surface area contributed by atoms with Crippen LogP contribution in [-0.2, 0) is 4.79 Å². The molecule has 29 heavy (non-hydrogen) atoms. The minimum Gasteiger partial charge on any atom is -0.493 e. The highest BCUT2D eigenvalue weighted by molar-refractivity contribution is 7.20. The van der Waals surface area contributed by atoms with Crippen molar-refractivity contribution in [3.63, 3.8) is 0 Å². The highest BCUT2D eigenvalue weighted by Crippen LogP contribution is 2.40. The number of nitrogens with two attached hydrogens (primary N) is 1. The SMILES string of the molecule is Cc1nc(C2CC2)nc2sc(C(=O)Nc3ccc(OCCC(N)=O)cc3)c(C)c12. The van der Waals surface area contributed by atoms with Gasteiger partial charge in [-0.1, -0.05) is 0 Å². The van der Waals surface area contributed by atoms with Crippen LogP contribution in [0, 0.1) is 13.8 Å². The van der Waals surface area contributed by atoms with Gasteiger partial charge in [-0.3, -0.25) is 9.59 Å². The van der Waals surface area contributed by atoms with Gasteiger partial charge in [-0.25, -0.2) is 9.97 Å². The maximum Gasteiger partial charge on any atom is 0.266 e. The van der Waals surface area contributed by atoms with Gasteiger partial charge in [-0.15, -0.1) is 11.3 Å². The van der Waals surface area contributed by atoms with Crippen molar-refractivity contribution in [2.24, 2.45) is 5.73 Å². The van der Waals surface area contributed by atoms with Crippen LogP contribution in [0.15, 0.2) is 24.3 Å². The molecule has 0 bridgehead atoms. The van der Waals surface area contributed by atoms with E-state index in [9.17, 15) is 9.59 Å². The lowest BCUT2D eigenvalue weighted by Crippen LogP contribution is -2.14. The molecule has 0 aliphatic heterocycles. The number of benzene rings is 1. The maximum absolute atomic E-state index is 12.8. The number of amides is 2. The number of ether oxygens (including phenoxy) is 1. The van der Waals surface area contributed by atoms with Crippen molar-refractivity contribution >= 4 is 39.1 Å². The predicted octanol–water partition coefficient (Wildman–Crippen LogP) is 3.69. The lowest BCUT2D eigenvalue weighted by Gasteiger charge is -2.07. The third-order valence-electron chi connectivity index (χ3n) is 4.87. The molecule has 3 aromatic rings. The van der Waals surface area contributed by atoms with Crippen LogP contribution in [0.25, 0.3) is 10.2 Å². The van der Waals surface area contributed by atoms with E-state index >= 15 is 0 Å². The molecule has 0 saturated heterocycles. The van der Waals surface area contributed by atoms with E-state index in [0.717, 1.165) is 40.1 Å². The number of carbonyl (C=O) groups is 2. The highest BCUT2D eigenvalue weighted by Gasteiger charge is 2.28. The Labute approximate surface area is 172 Å². The summed E-state index contributed by atoms with van der Waals surface area (Å²) in [5.74, 6) is 1.41. The first-order valence-electron chi connectivity index (χ1n) is 9.52. The molecule has 0 unspecified atom stereocenters. The van der Waals surface area contributed by atoms with Gasteiger partial charge in [-0.2, -0.15) is 0 Å². The molecule has 3 N–H and O–H groups in total. The molecular formula is C21H22N4O3S. The van der Waals surface area contributed by atoms with Crippen LogP contribution >= 0.6 is 11.3 Å². The number of fused-ring (bicyclic) bond motifs is 1. The lowest BCUT2D eigenvalue weighted by atomic mass is 10.1. The van der Waals surface area contributed by atoms with Crippen molar-refractivity contribution in [3.05, 3.63) is 46.2 Å². The Morgan fingerprint density at radius 2 is 1.93 bits per heavy atom. The van der Waals surface area contributed by atoms with E-state index in [1.807, 2.05) is 13.8 Å². The van der Waals surface area contributed by atoms with Gasteiger partial charge in [0.2, 0.25) is 5.91 Å². The monoisotopic (exact) mass is 410 g/mol. The number of aromatic nitrogens is 2. The first kappa shape index (κ1) is 19.3. The molecule has 0 radical (unpaired) electrons. The summed E-state index contributed by atoms with van der Waals surface area (Å²) in [4.78, 5) is 34.5. The zero-order valence-electron chi connectivity index (χ0n) is 16.3. The Bertz CT molecular complexity index is 1090. The van der Waals surface area contributed by atoms with E-state index in [-0.39, 0.29) is 18.9 Å². The van der Waals surface area contributed by atoms with E-state index in [4.69, 9.17) is 15.5 Å². The number of nitrogens with one attached hydrogen (secondary N) is 1. The van der Waals surface area contributed by atoms with Crippen LogP contribution in [0.1, 0.15) is 51.9 Å². The molecule has 0 atom stereocenters. The topological polar surface area (TPSA) is 107 Å². The molecule has 150 valence electrons. The molecule has 2 heterocycles. The average Bonchev–Trinajstić information content (AvgIpc) is 3.46.